The number of aromatic nitrogens is 3. The Morgan fingerprint density at radius 2 is 1.78 bits per heavy atom. The maximum atomic E-state index is 15.9. The fourth-order valence-corrected chi connectivity index (χ4v) is 7.16. The number of ether oxygens (including phenoxy) is 1. The van der Waals surface area contributed by atoms with Crippen molar-refractivity contribution in [3.63, 3.8) is 0 Å². The first kappa shape index (κ1) is 32.6. The lowest BCUT2D eigenvalue weighted by atomic mass is 10.1. The van der Waals surface area contributed by atoms with E-state index in [4.69, 9.17) is 21.3 Å². The van der Waals surface area contributed by atoms with Crippen LogP contribution in [0.5, 0.6) is 0 Å². The molecule has 0 radical (unpaired) electrons. The Kier molecular flexibility index (Phi) is 9.61. The summed E-state index contributed by atoms with van der Waals surface area (Å²) < 4.78 is 48.5. The van der Waals surface area contributed by atoms with Crippen LogP contribution in [0.15, 0.2) is 54.7 Å². The zero-order valence-corrected chi connectivity index (χ0v) is 27.8. The summed E-state index contributed by atoms with van der Waals surface area (Å²) in [5.41, 5.74) is 2.01. The van der Waals surface area contributed by atoms with Crippen LogP contribution in [0.3, 0.4) is 0 Å². The Balaban J connectivity index is 1.43. The van der Waals surface area contributed by atoms with Crippen molar-refractivity contribution in [2.24, 2.45) is 0 Å². The second kappa shape index (κ2) is 13.3. The molecule has 0 atom stereocenters. The topological polar surface area (TPSA) is 118 Å². The van der Waals surface area contributed by atoms with E-state index >= 15 is 4.39 Å². The van der Waals surface area contributed by atoms with E-state index in [-0.39, 0.29) is 28.4 Å². The molecule has 238 valence electrons. The number of carbonyl (C=O) groups excluding carboxylic acids is 1. The number of sulfonamides is 1. The highest BCUT2D eigenvalue weighted by Gasteiger charge is 2.27. The molecule has 3 heterocycles. The molecule has 14 heteroatoms. The molecule has 45 heavy (non-hydrogen) atoms. The highest BCUT2D eigenvalue weighted by atomic mass is 35.5. The van der Waals surface area contributed by atoms with Gasteiger partial charge in [0.1, 0.15) is 10.6 Å². The molecule has 4 aromatic rings. The number of hydrogen-bond donors (Lipinski definition) is 1. The third-order valence-corrected chi connectivity index (χ3v) is 9.67. The Morgan fingerprint density at radius 1 is 1.07 bits per heavy atom. The van der Waals surface area contributed by atoms with E-state index in [1.165, 1.54) is 23.6 Å². The van der Waals surface area contributed by atoms with E-state index in [9.17, 15) is 13.2 Å². The minimum absolute atomic E-state index is 0.0334. The molecule has 1 aliphatic heterocycles. The number of thiazole rings is 1. The molecule has 0 unspecified atom stereocenters. The summed E-state index contributed by atoms with van der Waals surface area (Å²) in [6.45, 7) is 9.73. The Morgan fingerprint density at radius 3 is 2.42 bits per heavy atom. The number of carbonyl (C=O) groups is 1. The van der Waals surface area contributed by atoms with Gasteiger partial charge in [-0.1, -0.05) is 13.0 Å². The molecule has 2 aromatic heterocycles. The van der Waals surface area contributed by atoms with Gasteiger partial charge in [-0.25, -0.2) is 32.6 Å². The summed E-state index contributed by atoms with van der Waals surface area (Å²) in [6, 6.07) is 14.1. The van der Waals surface area contributed by atoms with Gasteiger partial charge in [-0.05, 0) is 81.3 Å². The monoisotopic (exact) mass is 672 g/mol. The van der Waals surface area contributed by atoms with Gasteiger partial charge in [0.05, 0.1) is 27.7 Å². The number of piperazine rings is 1. The quantitative estimate of drug-likeness (QED) is 0.200. The fourth-order valence-electron chi connectivity index (χ4n) is 4.83. The summed E-state index contributed by atoms with van der Waals surface area (Å²) in [6.07, 6.45) is 1.60. The molecule has 1 fully saturated rings. The number of halogens is 2. The summed E-state index contributed by atoms with van der Waals surface area (Å²) >= 11 is 7.42. The average Bonchev–Trinajstić information content (AvgIpc) is 3.43. The van der Waals surface area contributed by atoms with Crippen molar-refractivity contribution in [1.82, 2.24) is 19.9 Å². The smallest absolute Gasteiger partial charge is 0.410 e. The van der Waals surface area contributed by atoms with Gasteiger partial charge in [-0.15, -0.1) is 11.3 Å². The Bertz CT molecular complexity index is 1790. The molecule has 1 N–H and O–H groups in total. The van der Waals surface area contributed by atoms with Crippen LogP contribution >= 0.6 is 22.9 Å². The maximum Gasteiger partial charge on any atom is 0.410 e. The highest BCUT2D eigenvalue weighted by Crippen LogP contribution is 2.42. The SMILES string of the molecule is CCCS(=O)(=O)Nc1cccc(-c2nc(-c3ccc(N4CCN(C(=O)OC(C)(C)C)CC4)cc3)sc2-c2ccnc(Cl)n2)c1F. The van der Waals surface area contributed by atoms with Gasteiger partial charge in [0.2, 0.25) is 15.3 Å². The van der Waals surface area contributed by atoms with Crippen LogP contribution in [0, 0.1) is 5.82 Å². The van der Waals surface area contributed by atoms with E-state index in [0.29, 0.717) is 53.9 Å². The van der Waals surface area contributed by atoms with E-state index in [1.54, 1.807) is 30.0 Å². The van der Waals surface area contributed by atoms with Gasteiger partial charge in [-0.3, -0.25) is 4.72 Å². The zero-order valence-electron chi connectivity index (χ0n) is 25.4. The first-order valence-corrected chi connectivity index (χ1v) is 17.3. The Hall–Kier alpha value is -3.81. The third kappa shape index (κ3) is 7.89. The molecule has 1 aliphatic rings. The van der Waals surface area contributed by atoms with Crippen molar-refractivity contribution in [2.75, 3.05) is 41.6 Å². The largest absolute Gasteiger partial charge is 0.444 e. The van der Waals surface area contributed by atoms with Crippen molar-refractivity contribution < 1.29 is 22.3 Å². The van der Waals surface area contributed by atoms with Gasteiger partial charge in [0.25, 0.3) is 0 Å². The van der Waals surface area contributed by atoms with Crippen LogP contribution < -0.4 is 9.62 Å². The van der Waals surface area contributed by atoms with Crippen LogP contribution in [0.2, 0.25) is 5.28 Å². The average molecular weight is 673 g/mol. The second-order valence-electron chi connectivity index (χ2n) is 11.5. The number of nitrogens with zero attached hydrogens (tertiary/aromatic N) is 5. The predicted octanol–water partition coefficient (Wildman–Crippen LogP) is 6.94. The number of hydrogen-bond acceptors (Lipinski definition) is 9. The summed E-state index contributed by atoms with van der Waals surface area (Å²) in [5, 5.41) is 0.651. The number of amides is 1. The van der Waals surface area contributed by atoms with Crippen LogP contribution in [0.25, 0.3) is 32.4 Å². The van der Waals surface area contributed by atoms with Crippen molar-refractivity contribution in [2.45, 2.75) is 39.7 Å². The minimum atomic E-state index is -3.72. The van der Waals surface area contributed by atoms with Crippen molar-refractivity contribution in [3.05, 3.63) is 65.8 Å². The predicted molar refractivity (Wildman–Crippen MR) is 177 cm³/mol. The number of nitrogens with one attached hydrogen (secondary N) is 1. The molecular weight excluding hydrogens is 639 g/mol. The molecular formula is C31H34ClFN6O4S2. The van der Waals surface area contributed by atoms with Gasteiger partial charge in [0, 0.05) is 49.2 Å². The molecule has 0 spiro atoms. The zero-order chi connectivity index (χ0) is 32.4. The van der Waals surface area contributed by atoms with E-state index in [2.05, 4.69) is 19.6 Å². The number of benzene rings is 2. The third-order valence-electron chi connectivity index (χ3n) is 6.89. The number of anilines is 2. The summed E-state index contributed by atoms with van der Waals surface area (Å²) in [5.74, 6) is -0.867. The van der Waals surface area contributed by atoms with Crippen LogP contribution in [-0.4, -0.2) is 71.9 Å². The number of rotatable bonds is 8. The first-order valence-electron chi connectivity index (χ1n) is 14.5. The lowest BCUT2D eigenvalue weighted by Crippen LogP contribution is -2.50. The molecule has 5 rings (SSSR count). The lowest BCUT2D eigenvalue weighted by molar-refractivity contribution is 0.0240. The van der Waals surface area contributed by atoms with E-state index in [0.717, 1.165) is 11.3 Å². The van der Waals surface area contributed by atoms with Crippen molar-refractivity contribution >= 4 is 50.4 Å². The molecule has 0 saturated carbocycles. The van der Waals surface area contributed by atoms with Crippen LogP contribution in [0.4, 0.5) is 20.6 Å². The summed E-state index contributed by atoms with van der Waals surface area (Å²) in [4.78, 5) is 30.0. The molecule has 1 saturated heterocycles. The van der Waals surface area contributed by atoms with Gasteiger partial charge in [0.15, 0.2) is 5.82 Å². The maximum absolute atomic E-state index is 15.9. The van der Waals surface area contributed by atoms with Gasteiger partial charge >= 0.3 is 6.09 Å². The fraction of sp³-hybridized carbons (Fsp3) is 0.355. The lowest BCUT2D eigenvalue weighted by Gasteiger charge is -2.36. The molecule has 1 amide bonds. The Labute approximate surface area is 271 Å². The van der Waals surface area contributed by atoms with E-state index in [1.807, 2.05) is 45.0 Å². The molecule has 10 nitrogen and oxygen atoms in total. The van der Waals surface area contributed by atoms with Crippen molar-refractivity contribution in [1.29, 1.82) is 0 Å². The standard InChI is InChI=1S/C31H34ClFN6O4S2/c1-5-19-45(41,42)37-23-8-6-7-22(25(23)33)26-27(24-13-14-34-29(32)35-24)44-28(36-26)20-9-11-21(12-10-20)38-15-17-39(18-16-38)30(40)43-31(2,3)4/h6-14,37H,5,15-19H2,1-4H3. The second-order valence-corrected chi connectivity index (χ2v) is 14.7. The van der Waals surface area contributed by atoms with E-state index < -0.39 is 21.4 Å². The van der Waals surface area contributed by atoms with Crippen molar-refractivity contribution in [3.8, 4) is 32.4 Å². The highest BCUT2D eigenvalue weighted by molar-refractivity contribution is 7.92. The first-order chi connectivity index (χ1) is 21.3. The van der Waals surface area contributed by atoms with Gasteiger partial charge < -0.3 is 14.5 Å². The minimum Gasteiger partial charge on any atom is -0.444 e. The van der Waals surface area contributed by atoms with Crippen LogP contribution in [-0.2, 0) is 14.8 Å². The molecule has 0 bridgehead atoms. The molecule has 2 aromatic carbocycles. The summed E-state index contributed by atoms with van der Waals surface area (Å²) in [7, 11) is -3.72. The molecule has 0 aliphatic carbocycles. The van der Waals surface area contributed by atoms with Gasteiger partial charge in [-0.2, -0.15) is 0 Å². The van der Waals surface area contributed by atoms with Crippen LogP contribution in [0.1, 0.15) is 34.1 Å². The normalized spacial score (nSPS) is 14.0.